The number of halogens is 1. The van der Waals surface area contributed by atoms with E-state index < -0.39 is 4.92 Å². The molecule has 0 bridgehead atoms. The van der Waals surface area contributed by atoms with Gasteiger partial charge in [-0.15, -0.1) is 0 Å². The van der Waals surface area contributed by atoms with Gasteiger partial charge in [-0.05, 0) is 35.9 Å². The predicted octanol–water partition coefficient (Wildman–Crippen LogP) is 5.03. The first-order valence-corrected chi connectivity index (χ1v) is 8.65. The summed E-state index contributed by atoms with van der Waals surface area (Å²) in [4.78, 5) is 14.8. The Morgan fingerprint density at radius 2 is 1.76 bits per heavy atom. The van der Waals surface area contributed by atoms with Gasteiger partial charge in [0.2, 0.25) is 5.82 Å². The number of nitro benzene ring substituents is 1. The maximum absolute atomic E-state index is 13.0. The van der Waals surface area contributed by atoms with Crippen molar-refractivity contribution in [2.45, 2.75) is 6.61 Å². The fraction of sp³-hybridized carbons (Fsp3) is 0.0476. The van der Waals surface area contributed by atoms with E-state index in [0.29, 0.717) is 22.7 Å². The van der Waals surface area contributed by atoms with Gasteiger partial charge in [0, 0.05) is 23.3 Å². The first-order chi connectivity index (χ1) is 14.1. The van der Waals surface area contributed by atoms with Crippen molar-refractivity contribution < 1.29 is 18.6 Å². The molecule has 0 saturated carbocycles. The zero-order chi connectivity index (χ0) is 20.2. The van der Waals surface area contributed by atoms with Gasteiger partial charge in [-0.3, -0.25) is 10.1 Å². The van der Waals surface area contributed by atoms with Gasteiger partial charge in [0.25, 0.3) is 11.6 Å². The van der Waals surface area contributed by atoms with Crippen LogP contribution in [0.2, 0.25) is 0 Å². The van der Waals surface area contributed by atoms with Gasteiger partial charge in [-0.2, -0.15) is 4.98 Å². The quantitative estimate of drug-likeness (QED) is 0.338. The van der Waals surface area contributed by atoms with E-state index in [1.54, 1.807) is 48.5 Å². The molecule has 0 aliphatic heterocycles. The lowest BCUT2D eigenvalue weighted by Gasteiger charge is -2.07. The molecule has 4 aromatic rings. The normalized spacial score (nSPS) is 10.7. The second-order valence-electron chi connectivity index (χ2n) is 6.17. The average molecular weight is 391 g/mol. The molecule has 1 aromatic heterocycles. The number of hydrogen-bond acceptors (Lipinski definition) is 6. The maximum Gasteiger partial charge on any atom is 0.270 e. The second-order valence-corrected chi connectivity index (χ2v) is 6.17. The van der Waals surface area contributed by atoms with Crippen molar-refractivity contribution in [1.29, 1.82) is 0 Å². The van der Waals surface area contributed by atoms with Crippen LogP contribution in [0.4, 0.5) is 10.1 Å². The Morgan fingerprint density at radius 1 is 1.00 bits per heavy atom. The molecule has 0 spiro atoms. The van der Waals surface area contributed by atoms with Crippen LogP contribution in [0.1, 0.15) is 5.56 Å². The van der Waals surface area contributed by atoms with Crippen LogP contribution in [-0.2, 0) is 6.61 Å². The minimum Gasteiger partial charge on any atom is -0.489 e. The van der Waals surface area contributed by atoms with Gasteiger partial charge in [0.15, 0.2) is 0 Å². The molecule has 0 aliphatic rings. The summed E-state index contributed by atoms with van der Waals surface area (Å²) in [5.41, 5.74) is 1.91. The summed E-state index contributed by atoms with van der Waals surface area (Å²) >= 11 is 0. The Bertz CT molecular complexity index is 1160. The number of non-ortho nitro benzene ring substituents is 1. The minimum absolute atomic E-state index is 0.0570. The summed E-state index contributed by atoms with van der Waals surface area (Å²) < 4.78 is 24.0. The third-order valence-electron chi connectivity index (χ3n) is 4.14. The van der Waals surface area contributed by atoms with E-state index in [1.807, 2.05) is 0 Å². The fourth-order valence-corrected chi connectivity index (χ4v) is 2.68. The van der Waals surface area contributed by atoms with Crippen molar-refractivity contribution in [2.75, 3.05) is 0 Å². The van der Waals surface area contributed by atoms with Gasteiger partial charge < -0.3 is 9.26 Å². The zero-order valence-corrected chi connectivity index (χ0v) is 15.0. The smallest absolute Gasteiger partial charge is 0.270 e. The summed E-state index contributed by atoms with van der Waals surface area (Å²) in [7, 11) is 0. The van der Waals surface area contributed by atoms with E-state index in [2.05, 4.69) is 10.1 Å². The molecule has 3 aromatic carbocycles. The Balaban J connectivity index is 1.52. The molecule has 0 unspecified atom stereocenters. The highest BCUT2D eigenvalue weighted by atomic mass is 19.1. The highest BCUT2D eigenvalue weighted by Crippen LogP contribution is 2.27. The van der Waals surface area contributed by atoms with E-state index in [0.717, 1.165) is 5.56 Å². The Morgan fingerprint density at radius 3 is 2.55 bits per heavy atom. The maximum atomic E-state index is 13.0. The second kappa shape index (κ2) is 7.89. The Hall–Kier alpha value is -4.07. The Kier molecular flexibility index (Phi) is 4.98. The summed E-state index contributed by atoms with van der Waals surface area (Å²) in [5.74, 6) is 0.806. The lowest BCUT2D eigenvalue weighted by molar-refractivity contribution is -0.384. The standard InChI is InChI=1S/C21H14FN3O4/c22-17-9-7-14(8-10-17)13-28-19-6-2-3-15(12-19)20-23-21(29-24-20)16-4-1-5-18(11-16)25(26)27/h1-12H,13H2. The lowest BCUT2D eigenvalue weighted by atomic mass is 10.2. The van der Waals surface area contributed by atoms with Gasteiger partial charge in [-0.1, -0.05) is 35.5 Å². The molecule has 8 heteroatoms. The van der Waals surface area contributed by atoms with Crippen molar-refractivity contribution in [1.82, 2.24) is 10.1 Å². The van der Waals surface area contributed by atoms with Crippen LogP contribution in [0.3, 0.4) is 0 Å². The van der Waals surface area contributed by atoms with Crippen LogP contribution in [0, 0.1) is 15.9 Å². The average Bonchev–Trinajstić information content (AvgIpc) is 3.24. The molecule has 0 atom stereocenters. The molecule has 4 rings (SSSR count). The van der Waals surface area contributed by atoms with E-state index in [1.165, 1.54) is 24.3 Å². The summed E-state index contributed by atoms with van der Waals surface area (Å²) in [6.45, 7) is 0.287. The van der Waals surface area contributed by atoms with Crippen molar-refractivity contribution in [3.8, 4) is 28.6 Å². The molecule has 0 radical (unpaired) electrons. The lowest BCUT2D eigenvalue weighted by Crippen LogP contribution is -1.95. The topological polar surface area (TPSA) is 91.3 Å². The number of nitro groups is 1. The molecule has 0 fully saturated rings. The monoisotopic (exact) mass is 391 g/mol. The summed E-state index contributed by atoms with van der Waals surface area (Å²) in [6, 6.07) is 19.2. The summed E-state index contributed by atoms with van der Waals surface area (Å²) in [5, 5.41) is 14.9. The molecule has 1 heterocycles. The highest BCUT2D eigenvalue weighted by molar-refractivity contribution is 5.62. The van der Waals surface area contributed by atoms with Crippen molar-refractivity contribution >= 4 is 5.69 Å². The van der Waals surface area contributed by atoms with Crippen LogP contribution in [0.5, 0.6) is 5.75 Å². The molecule has 0 saturated heterocycles. The van der Waals surface area contributed by atoms with Crippen LogP contribution < -0.4 is 4.74 Å². The van der Waals surface area contributed by atoms with E-state index in [4.69, 9.17) is 9.26 Å². The summed E-state index contributed by atoms with van der Waals surface area (Å²) in [6.07, 6.45) is 0. The van der Waals surface area contributed by atoms with Crippen LogP contribution in [0.25, 0.3) is 22.8 Å². The van der Waals surface area contributed by atoms with E-state index in [9.17, 15) is 14.5 Å². The van der Waals surface area contributed by atoms with Crippen LogP contribution in [-0.4, -0.2) is 15.1 Å². The molecule has 144 valence electrons. The molecule has 29 heavy (non-hydrogen) atoms. The third kappa shape index (κ3) is 4.27. The van der Waals surface area contributed by atoms with E-state index >= 15 is 0 Å². The first-order valence-electron chi connectivity index (χ1n) is 8.65. The third-order valence-corrected chi connectivity index (χ3v) is 4.14. The number of rotatable bonds is 6. The highest BCUT2D eigenvalue weighted by Gasteiger charge is 2.14. The number of aromatic nitrogens is 2. The minimum atomic E-state index is -0.483. The largest absolute Gasteiger partial charge is 0.489 e. The molecule has 0 aliphatic carbocycles. The van der Waals surface area contributed by atoms with Crippen LogP contribution in [0.15, 0.2) is 77.3 Å². The first kappa shape index (κ1) is 18.3. The predicted molar refractivity (Wildman–Crippen MR) is 103 cm³/mol. The molecule has 0 N–H and O–H groups in total. The van der Waals surface area contributed by atoms with Gasteiger partial charge in [-0.25, -0.2) is 4.39 Å². The Labute approximate surface area is 164 Å². The van der Waals surface area contributed by atoms with Gasteiger partial charge >= 0.3 is 0 Å². The van der Waals surface area contributed by atoms with Crippen molar-refractivity contribution in [3.05, 3.63) is 94.3 Å². The van der Waals surface area contributed by atoms with Gasteiger partial charge in [0.05, 0.1) is 4.92 Å². The number of nitrogens with zero attached hydrogens (tertiary/aromatic N) is 3. The zero-order valence-electron chi connectivity index (χ0n) is 15.0. The fourth-order valence-electron chi connectivity index (χ4n) is 2.68. The SMILES string of the molecule is O=[N+]([O-])c1cccc(-c2nc(-c3cccc(OCc4ccc(F)cc4)c3)no2)c1. The molecular formula is C21H14FN3O4. The number of benzene rings is 3. The number of hydrogen-bond donors (Lipinski definition) is 0. The number of ether oxygens (including phenoxy) is 1. The molecule has 7 nitrogen and oxygen atoms in total. The molecule has 0 amide bonds. The van der Waals surface area contributed by atoms with Crippen LogP contribution >= 0.6 is 0 Å². The molecular weight excluding hydrogens is 377 g/mol. The van der Waals surface area contributed by atoms with Gasteiger partial charge in [0.1, 0.15) is 18.2 Å². The van der Waals surface area contributed by atoms with E-state index in [-0.39, 0.29) is 24.0 Å². The van der Waals surface area contributed by atoms with Crippen molar-refractivity contribution in [3.63, 3.8) is 0 Å². The van der Waals surface area contributed by atoms with Crippen molar-refractivity contribution in [2.24, 2.45) is 0 Å².